The van der Waals surface area contributed by atoms with E-state index in [0.717, 1.165) is 16.7 Å². The summed E-state index contributed by atoms with van der Waals surface area (Å²) in [5.74, 6) is -1.29. The molecule has 0 aliphatic heterocycles. The van der Waals surface area contributed by atoms with Crippen LogP contribution in [0, 0.1) is 13.8 Å². The smallest absolute Gasteiger partial charge is 0.313 e. The van der Waals surface area contributed by atoms with Gasteiger partial charge < -0.3 is 10.6 Å². The van der Waals surface area contributed by atoms with Gasteiger partial charge in [0.25, 0.3) is 0 Å². The van der Waals surface area contributed by atoms with Gasteiger partial charge in [-0.25, -0.2) is 0 Å². The summed E-state index contributed by atoms with van der Waals surface area (Å²) in [6, 6.07) is 15.0. The summed E-state index contributed by atoms with van der Waals surface area (Å²) in [6.45, 7) is 4.20. The summed E-state index contributed by atoms with van der Waals surface area (Å²) in [7, 11) is 0. The summed E-state index contributed by atoms with van der Waals surface area (Å²) in [5.41, 5.74) is 3.64. The molecule has 4 heteroatoms. The van der Waals surface area contributed by atoms with Gasteiger partial charge in [0, 0.05) is 12.2 Å². The maximum Gasteiger partial charge on any atom is 0.313 e. The fraction of sp³-hybridized carbons (Fsp3) is 0.176. The van der Waals surface area contributed by atoms with Gasteiger partial charge >= 0.3 is 11.8 Å². The summed E-state index contributed by atoms with van der Waals surface area (Å²) < 4.78 is 0. The number of hydrogen-bond acceptors (Lipinski definition) is 2. The third-order valence-electron chi connectivity index (χ3n) is 3.35. The second kappa shape index (κ2) is 6.70. The van der Waals surface area contributed by atoms with Gasteiger partial charge in [0.15, 0.2) is 0 Å². The zero-order chi connectivity index (χ0) is 15.2. The number of rotatable bonds is 3. The molecule has 108 valence electrons. The SMILES string of the molecule is Cc1cccc(NC(=O)C(=O)NCc2ccccc2)c1C. The highest BCUT2D eigenvalue weighted by molar-refractivity contribution is 6.39. The van der Waals surface area contributed by atoms with E-state index in [2.05, 4.69) is 10.6 Å². The van der Waals surface area contributed by atoms with Gasteiger partial charge in [-0.2, -0.15) is 0 Å². The third-order valence-corrected chi connectivity index (χ3v) is 3.35. The van der Waals surface area contributed by atoms with Crippen molar-refractivity contribution >= 4 is 17.5 Å². The fourth-order valence-corrected chi connectivity index (χ4v) is 1.92. The lowest BCUT2D eigenvalue weighted by atomic mass is 10.1. The third kappa shape index (κ3) is 3.92. The Bertz CT molecular complexity index is 651. The number of hydrogen-bond donors (Lipinski definition) is 2. The van der Waals surface area contributed by atoms with Crippen LogP contribution in [0.3, 0.4) is 0 Å². The molecule has 0 saturated carbocycles. The Kier molecular flexibility index (Phi) is 4.72. The molecular formula is C17H18N2O2. The average molecular weight is 282 g/mol. The van der Waals surface area contributed by atoms with Crippen molar-refractivity contribution in [1.82, 2.24) is 5.32 Å². The molecule has 2 rings (SSSR count). The van der Waals surface area contributed by atoms with Crippen LogP contribution in [0.4, 0.5) is 5.69 Å². The molecule has 0 aromatic heterocycles. The second-order valence-electron chi connectivity index (χ2n) is 4.87. The number of nitrogens with one attached hydrogen (secondary N) is 2. The Labute approximate surface area is 124 Å². The molecule has 0 unspecified atom stereocenters. The van der Waals surface area contributed by atoms with Crippen molar-refractivity contribution in [3.05, 3.63) is 65.2 Å². The Balaban J connectivity index is 1.94. The van der Waals surface area contributed by atoms with E-state index in [1.165, 1.54) is 0 Å². The number of carbonyl (C=O) groups excluding carboxylic acids is 2. The Morgan fingerprint density at radius 2 is 1.62 bits per heavy atom. The van der Waals surface area contributed by atoms with Crippen molar-refractivity contribution in [2.24, 2.45) is 0 Å². The topological polar surface area (TPSA) is 58.2 Å². The lowest BCUT2D eigenvalue weighted by molar-refractivity contribution is -0.136. The molecule has 0 aliphatic rings. The Morgan fingerprint density at radius 3 is 2.33 bits per heavy atom. The molecule has 0 spiro atoms. The van der Waals surface area contributed by atoms with Gasteiger partial charge in [0.2, 0.25) is 0 Å². The van der Waals surface area contributed by atoms with E-state index in [4.69, 9.17) is 0 Å². The molecule has 4 nitrogen and oxygen atoms in total. The largest absolute Gasteiger partial charge is 0.344 e. The Morgan fingerprint density at radius 1 is 0.905 bits per heavy atom. The van der Waals surface area contributed by atoms with Crippen molar-refractivity contribution in [2.75, 3.05) is 5.32 Å². The molecule has 0 fully saturated rings. The summed E-state index contributed by atoms with van der Waals surface area (Å²) in [5, 5.41) is 5.24. The molecule has 2 aromatic rings. The number of amides is 2. The van der Waals surface area contributed by atoms with Crippen molar-refractivity contribution < 1.29 is 9.59 Å². The fourth-order valence-electron chi connectivity index (χ4n) is 1.92. The first-order valence-corrected chi connectivity index (χ1v) is 6.77. The minimum Gasteiger partial charge on any atom is -0.344 e. The second-order valence-corrected chi connectivity index (χ2v) is 4.87. The van der Waals surface area contributed by atoms with Crippen LogP contribution in [0.25, 0.3) is 0 Å². The van der Waals surface area contributed by atoms with Crippen LogP contribution in [-0.4, -0.2) is 11.8 Å². The van der Waals surface area contributed by atoms with Crippen LogP contribution in [0.15, 0.2) is 48.5 Å². The minimum atomic E-state index is -0.653. The number of benzene rings is 2. The highest BCUT2D eigenvalue weighted by Crippen LogP contribution is 2.17. The van der Waals surface area contributed by atoms with Gasteiger partial charge in [-0.05, 0) is 36.6 Å². The first-order valence-electron chi connectivity index (χ1n) is 6.77. The van der Waals surface area contributed by atoms with Crippen LogP contribution in [0.2, 0.25) is 0 Å². The van der Waals surface area contributed by atoms with E-state index in [9.17, 15) is 9.59 Å². The van der Waals surface area contributed by atoms with Crippen LogP contribution in [0.1, 0.15) is 16.7 Å². The summed E-state index contributed by atoms with van der Waals surface area (Å²) >= 11 is 0. The van der Waals surface area contributed by atoms with E-state index in [-0.39, 0.29) is 0 Å². The highest BCUT2D eigenvalue weighted by atomic mass is 16.2. The molecule has 2 aromatic carbocycles. The molecule has 2 amide bonds. The normalized spacial score (nSPS) is 10.0. The maximum atomic E-state index is 11.9. The molecule has 0 saturated heterocycles. The van der Waals surface area contributed by atoms with E-state index in [1.54, 1.807) is 6.07 Å². The highest BCUT2D eigenvalue weighted by Gasteiger charge is 2.14. The maximum absolute atomic E-state index is 11.9. The summed E-state index contributed by atoms with van der Waals surface area (Å²) in [4.78, 5) is 23.7. The summed E-state index contributed by atoms with van der Waals surface area (Å²) in [6.07, 6.45) is 0. The molecule has 21 heavy (non-hydrogen) atoms. The zero-order valence-corrected chi connectivity index (χ0v) is 12.1. The van der Waals surface area contributed by atoms with E-state index in [0.29, 0.717) is 12.2 Å². The van der Waals surface area contributed by atoms with Crippen LogP contribution < -0.4 is 10.6 Å². The molecular weight excluding hydrogens is 264 g/mol. The van der Waals surface area contributed by atoms with Crippen LogP contribution in [-0.2, 0) is 16.1 Å². The monoisotopic (exact) mass is 282 g/mol. The quantitative estimate of drug-likeness (QED) is 0.850. The predicted molar refractivity (Wildman–Crippen MR) is 82.8 cm³/mol. The Hall–Kier alpha value is -2.62. The van der Waals surface area contributed by atoms with E-state index >= 15 is 0 Å². The molecule has 0 aliphatic carbocycles. The molecule has 0 bridgehead atoms. The molecule has 0 atom stereocenters. The van der Waals surface area contributed by atoms with Crippen LogP contribution in [0.5, 0.6) is 0 Å². The minimum absolute atomic E-state index is 0.333. The number of aryl methyl sites for hydroxylation is 1. The van der Waals surface area contributed by atoms with Crippen molar-refractivity contribution in [3.8, 4) is 0 Å². The lowest BCUT2D eigenvalue weighted by Gasteiger charge is -2.10. The first kappa shape index (κ1) is 14.8. The number of anilines is 1. The predicted octanol–water partition coefficient (Wildman–Crippen LogP) is 2.56. The number of carbonyl (C=O) groups is 2. The van der Waals surface area contributed by atoms with Gasteiger partial charge in [-0.1, -0.05) is 42.5 Å². The molecule has 0 radical (unpaired) electrons. The van der Waals surface area contributed by atoms with Crippen molar-refractivity contribution in [2.45, 2.75) is 20.4 Å². The van der Waals surface area contributed by atoms with Gasteiger partial charge in [-0.15, -0.1) is 0 Å². The average Bonchev–Trinajstić information content (AvgIpc) is 2.50. The first-order chi connectivity index (χ1) is 10.1. The van der Waals surface area contributed by atoms with Crippen molar-refractivity contribution in [1.29, 1.82) is 0 Å². The zero-order valence-electron chi connectivity index (χ0n) is 12.1. The van der Waals surface area contributed by atoms with Gasteiger partial charge in [0.1, 0.15) is 0 Å². The molecule has 2 N–H and O–H groups in total. The van der Waals surface area contributed by atoms with E-state index in [1.807, 2.05) is 56.3 Å². The van der Waals surface area contributed by atoms with Gasteiger partial charge in [0.05, 0.1) is 0 Å². The lowest BCUT2D eigenvalue weighted by Crippen LogP contribution is -2.35. The standard InChI is InChI=1S/C17H18N2O2/c1-12-7-6-10-15(13(12)2)19-17(21)16(20)18-11-14-8-4-3-5-9-14/h3-10H,11H2,1-2H3,(H,18,20)(H,19,21). The molecule has 0 heterocycles. The van der Waals surface area contributed by atoms with Gasteiger partial charge in [-0.3, -0.25) is 9.59 Å². The van der Waals surface area contributed by atoms with Crippen LogP contribution >= 0.6 is 0 Å². The van der Waals surface area contributed by atoms with E-state index < -0.39 is 11.8 Å². The van der Waals surface area contributed by atoms with Crippen molar-refractivity contribution in [3.63, 3.8) is 0 Å².